The molecule has 2 nitrogen and oxygen atoms in total. The van der Waals surface area contributed by atoms with Crippen LogP contribution in [0.15, 0.2) is 346 Å². The van der Waals surface area contributed by atoms with E-state index in [9.17, 15) is 0 Å². The molecule has 14 aromatic carbocycles. The molecule has 0 saturated heterocycles. The fourth-order valence-corrected chi connectivity index (χ4v) is 16.3. The van der Waals surface area contributed by atoms with E-state index in [0.717, 1.165) is 16.9 Å². The summed E-state index contributed by atoms with van der Waals surface area (Å²) in [6, 6.07) is 118. The molecule has 0 fully saturated rings. The third-order valence-corrected chi connectivity index (χ3v) is 21.8. The van der Waals surface area contributed by atoms with Gasteiger partial charge >= 0.3 is 0 Å². The molecule has 2 heterocycles. The molecule has 0 spiro atoms. The molecule has 470 valence electrons. The van der Waals surface area contributed by atoms with E-state index in [2.05, 4.69) is 378 Å². The number of allylic oxidation sites excluding steroid dienone is 5. The highest BCUT2D eigenvalue weighted by Gasteiger charge is 2.38. The highest BCUT2D eigenvalue weighted by Crippen LogP contribution is 2.53. The van der Waals surface area contributed by atoms with E-state index in [1.54, 1.807) is 0 Å². The summed E-state index contributed by atoms with van der Waals surface area (Å²) in [5.41, 5.74) is 36.2. The summed E-state index contributed by atoms with van der Waals surface area (Å²) in [6.07, 6.45) is 6.22. The average molecular weight is 1270 g/mol. The molecule has 18 rings (SSSR count). The van der Waals surface area contributed by atoms with Crippen LogP contribution in [-0.4, -0.2) is 9.13 Å². The highest BCUT2D eigenvalue weighted by molar-refractivity contribution is 6.14. The normalized spacial score (nSPS) is 13.6. The van der Waals surface area contributed by atoms with Crippen LogP contribution in [0.5, 0.6) is 0 Å². The summed E-state index contributed by atoms with van der Waals surface area (Å²) in [6.45, 7) is 15.9. The molecule has 0 N–H and O–H groups in total. The van der Waals surface area contributed by atoms with Crippen LogP contribution in [0, 0.1) is 0 Å². The van der Waals surface area contributed by atoms with Gasteiger partial charge in [-0.15, -0.1) is 0 Å². The Morgan fingerprint density at radius 2 is 0.596 bits per heavy atom. The predicted octanol–water partition coefficient (Wildman–Crippen LogP) is 26.3. The maximum absolute atomic E-state index is 4.08. The fraction of sp³-hybridized carbons (Fsp3) is 0.0722. The predicted molar refractivity (Wildman–Crippen MR) is 421 cm³/mol. The zero-order chi connectivity index (χ0) is 66.7. The van der Waals surface area contributed by atoms with Gasteiger partial charge in [-0.3, -0.25) is 0 Å². The molecule has 0 bridgehead atoms. The van der Waals surface area contributed by atoms with Gasteiger partial charge in [-0.1, -0.05) is 252 Å². The molecule has 99 heavy (non-hydrogen) atoms. The van der Waals surface area contributed by atoms with Crippen LogP contribution in [0.2, 0.25) is 0 Å². The van der Waals surface area contributed by atoms with Gasteiger partial charge in [0.25, 0.3) is 0 Å². The first kappa shape index (κ1) is 59.4. The topological polar surface area (TPSA) is 9.86 Å². The van der Waals surface area contributed by atoms with E-state index in [1.165, 1.54) is 172 Å². The lowest BCUT2D eigenvalue weighted by atomic mass is 9.81. The van der Waals surface area contributed by atoms with Crippen molar-refractivity contribution in [3.05, 3.63) is 368 Å². The van der Waals surface area contributed by atoms with Crippen molar-refractivity contribution in [1.29, 1.82) is 0 Å². The SMILES string of the molecule is C=C/C=C\C1=C(C)C(C)(C)c2cc3c(cc21)c1cc(-c2cccc(-c4cc(-c5ccccc5)cc(-c5ccccc5)c4)c2)ccc1n3-c1ccc(-n2c3ccc(-c4cccc(-c5cc(-c6ccccc6)cc(-c6ccccc6)c5)c4)cc3c3cc4c(cc32)C(C)(C)c2ccccc2-4)cc1. The van der Waals surface area contributed by atoms with E-state index < -0.39 is 0 Å². The first-order valence-corrected chi connectivity index (χ1v) is 34.6. The quantitative estimate of drug-likeness (QED) is 0.108. The molecule has 0 aliphatic heterocycles. The summed E-state index contributed by atoms with van der Waals surface area (Å²) >= 11 is 0. The number of benzene rings is 14. The van der Waals surface area contributed by atoms with Gasteiger partial charge in [-0.05, 0) is 256 Å². The van der Waals surface area contributed by atoms with Crippen molar-refractivity contribution in [2.75, 3.05) is 0 Å². The maximum atomic E-state index is 4.08. The van der Waals surface area contributed by atoms with E-state index >= 15 is 0 Å². The third kappa shape index (κ3) is 9.92. The molecule has 2 heteroatoms. The van der Waals surface area contributed by atoms with E-state index in [4.69, 9.17) is 0 Å². The van der Waals surface area contributed by atoms with Crippen LogP contribution in [0.3, 0.4) is 0 Å². The van der Waals surface area contributed by atoms with Crippen molar-refractivity contribution in [2.45, 2.75) is 45.4 Å². The Morgan fingerprint density at radius 1 is 0.263 bits per heavy atom. The van der Waals surface area contributed by atoms with E-state index in [1.807, 2.05) is 6.08 Å². The highest BCUT2D eigenvalue weighted by atomic mass is 15.0. The van der Waals surface area contributed by atoms with E-state index in [0.29, 0.717) is 0 Å². The Kier molecular flexibility index (Phi) is 14.0. The summed E-state index contributed by atoms with van der Waals surface area (Å²) in [7, 11) is 0. The van der Waals surface area contributed by atoms with Crippen molar-refractivity contribution < 1.29 is 0 Å². The van der Waals surface area contributed by atoms with Crippen LogP contribution < -0.4 is 0 Å². The number of hydrogen-bond donors (Lipinski definition) is 0. The lowest BCUT2D eigenvalue weighted by molar-refractivity contribution is 0.640. The minimum absolute atomic E-state index is 0.180. The van der Waals surface area contributed by atoms with Gasteiger partial charge in [0.15, 0.2) is 0 Å². The molecule has 0 atom stereocenters. The Hall–Kier alpha value is -12.1. The van der Waals surface area contributed by atoms with Crippen LogP contribution in [0.25, 0.3) is 161 Å². The summed E-state index contributed by atoms with van der Waals surface area (Å²) in [4.78, 5) is 0. The van der Waals surface area contributed by atoms with Gasteiger partial charge in [0.05, 0.1) is 22.1 Å². The Labute approximate surface area is 579 Å². The van der Waals surface area contributed by atoms with Crippen molar-refractivity contribution >= 4 is 49.2 Å². The molecule has 2 aliphatic rings. The molecule has 0 amide bonds. The van der Waals surface area contributed by atoms with Crippen LogP contribution in [0.4, 0.5) is 0 Å². The molecule has 0 saturated carbocycles. The third-order valence-electron chi connectivity index (χ3n) is 21.8. The van der Waals surface area contributed by atoms with Gasteiger partial charge in [0.1, 0.15) is 0 Å². The smallest absolute Gasteiger partial charge is 0.0544 e. The molecule has 16 aromatic rings. The molecule has 0 radical (unpaired) electrons. The minimum Gasteiger partial charge on any atom is -0.309 e. The number of aromatic nitrogens is 2. The number of nitrogens with zero attached hydrogens (tertiary/aromatic N) is 2. The summed E-state index contributed by atoms with van der Waals surface area (Å²) < 4.78 is 5.03. The van der Waals surface area contributed by atoms with Gasteiger partial charge in [-0.25, -0.2) is 0 Å². The van der Waals surface area contributed by atoms with Gasteiger partial charge in [0.2, 0.25) is 0 Å². The molecule has 0 unspecified atom stereocenters. The van der Waals surface area contributed by atoms with Gasteiger partial charge in [-0.2, -0.15) is 0 Å². The number of rotatable bonds is 12. The molecule has 2 aliphatic carbocycles. The summed E-state index contributed by atoms with van der Waals surface area (Å²) in [5, 5.41) is 4.90. The second-order valence-corrected chi connectivity index (χ2v) is 28.1. The Balaban J connectivity index is 0.777. The van der Waals surface area contributed by atoms with Crippen LogP contribution >= 0.6 is 0 Å². The fourth-order valence-electron chi connectivity index (χ4n) is 16.3. The van der Waals surface area contributed by atoms with E-state index in [-0.39, 0.29) is 10.8 Å². The maximum Gasteiger partial charge on any atom is 0.0544 e. The van der Waals surface area contributed by atoms with Crippen LogP contribution in [-0.2, 0) is 10.8 Å². The number of hydrogen-bond acceptors (Lipinski definition) is 0. The number of fused-ring (bicyclic) bond motifs is 10. The van der Waals surface area contributed by atoms with Crippen LogP contribution in [0.1, 0.15) is 56.9 Å². The lowest BCUT2D eigenvalue weighted by Crippen LogP contribution is -2.15. The Bertz CT molecular complexity index is 5890. The molecule has 2 aromatic heterocycles. The van der Waals surface area contributed by atoms with Crippen molar-refractivity contribution in [3.8, 4) is 112 Å². The zero-order valence-electron chi connectivity index (χ0n) is 56.4. The monoisotopic (exact) mass is 1260 g/mol. The molecular formula is C97H72N2. The average Bonchev–Trinajstić information content (AvgIpc) is 1.57. The standard InChI is InChI=1S/C97H72N2/c1-7-8-37-81-62(2)96(3,4)90-60-94-87(58-83(81)90)85-56-71(67-33-23-35-69(48-67)77-52-73(63-25-13-9-14-26-63)50-74(53-77)64-27-15-10-16-28-64)40-46-92(85)98(94)79-42-44-80(45-43-79)99-93-47-41-72(57-86(93)88-59-84-82-38-21-22-39-89(82)97(5,6)91(84)61-95(88)99)68-34-24-36-70(49-68)78-54-75(65-29-17-11-18-30-65)51-76(55-78)66-31-19-12-20-32-66/h7-61H,1H2,2-6H3/b37-8-. The van der Waals surface area contributed by atoms with Gasteiger partial charge < -0.3 is 9.13 Å². The van der Waals surface area contributed by atoms with Crippen molar-refractivity contribution in [3.63, 3.8) is 0 Å². The summed E-state index contributed by atoms with van der Waals surface area (Å²) in [5.74, 6) is 0. The lowest BCUT2D eigenvalue weighted by Gasteiger charge is -2.22. The first-order chi connectivity index (χ1) is 48.4. The second-order valence-electron chi connectivity index (χ2n) is 28.1. The largest absolute Gasteiger partial charge is 0.309 e. The van der Waals surface area contributed by atoms with Crippen molar-refractivity contribution in [1.82, 2.24) is 9.13 Å². The minimum atomic E-state index is -0.185. The zero-order valence-corrected chi connectivity index (χ0v) is 56.4. The van der Waals surface area contributed by atoms with Gasteiger partial charge in [0, 0.05) is 43.7 Å². The molecular weight excluding hydrogens is 1190 g/mol. The van der Waals surface area contributed by atoms with Crippen molar-refractivity contribution in [2.24, 2.45) is 0 Å². The Morgan fingerprint density at radius 3 is 1.02 bits per heavy atom. The first-order valence-electron chi connectivity index (χ1n) is 34.6. The second kappa shape index (κ2) is 23.3.